The van der Waals surface area contributed by atoms with E-state index in [4.69, 9.17) is 16.3 Å². The van der Waals surface area contributed by atoms with Crippen LogP contribution in [-0.4, -0.2) is 27.2 Å². The molecule has 100 valence electrons. The van der Waals surface area contributed by atoms with E-state index in [1.54, 1.807) is 6.21 Å². The van der Waals surface area contributed by atoms with E-state index < -0.39 is 0 Å². The second-order valence-corrected chi connectivity index (χ2v) is 4.52. The Balaban J connectivity index is 2.10. The van der Waals surface area contributed by atoms with Gasteiger partial charge in [-0.15, -0.1) is 10.2 Å². The molecular formula is C13H15ClN4O. The van der Waals surface area contributed by atoms with Crippen molar-refractivity contribution in [2.45, 2.75) is 26.4 Å². The van der Waals surface area contributed by atoms with Gasteiger partial charge >= 0.3 is 0 Å². The van der Waals surface area contributed by atoms with Crippen molar-refractivity contribution in [2.75, 3.05) is 0 Å². The molecule has 1 atom stereocenters. The monoisotopic (exact) mass is 278 g/mol. The number of halogens is 1. The summed E-state index contributed by atoms with van der Waals surface area (Å²) in [6, 6.07) is 5.56. The summed E-state index contributed by atoms with van der Waals surface area (Å²) in [5.74, 6) is 0.692. The Hall–Kier alpha value is -1.88. The Bertz CT molecular complexity index is 554. The Morgan fingerprint density at radius 3 is 2.79 bits per heavy atom. The summed E-state index contributed by atoms with van der Waals surface area (Å²) in [5, 5.41) is 12.1. The van der Waals surface area contributed by atoms with Crippen molar-refractivity contribution < 1.29 is 4.74 Å². The van der Waals surface area contributed by atoms with Gasteiger partial charge in [0.05, 0.1) is 17.3 Å². The van der Waals surface area contributed by atoms with Gasteiger partial charge in [0.15, 0.2) is 0 Å². The summed E-state index contributed by atoms with van der Waals surface area (Å²) in [4.78, 5) is 0. The van der Waals surface area contributed by atoms with Crippen molar-refractivity contribution in [1.29, 1.82) is 0 Å². The third-order valence-corrected chi connectivity index (χ3v) is 2.90. The molecule has 0 spiro atoms. The third-order valence-electron chi connectivity index (χ3n) is 2.61. The molecule has 1 aromatic heterocycles. The van der Waals surface area contributed by atoms with Gasteiger partial charge in [0.25, 0.3) is 0 Å². The average Bonchev–Trinajstić information content (AvgIpc) is 2.92. The molecule has 19 heavy (non-hydrogen) atoms. The van der Waals surface area contributed by atoms with Gasteiger partial charge in [-0.2, -0.15) is 5.10 Å². The predicted octanol–water partition coefficient (Wildman–Crippen LogP) is 2.99. The molecule has 1 heterocycles. The molecule has 0 radical (unpaired) electrons. The molecule has 0 aliphatic heterocycles. The van der Waals surface area contributed by atoms with Crippen molar-refractivity contribution in [3.8, 4) is 5.75 Å². The van der Waals surface area contributed by atoms with Gasteiger partial charge in [0.2, 0.25) is 0 Å². The minimum atomic E-state index is 0.147. The zero-order valence-corrected chi connectivity index (χ0v) is 11.6. The molecule has 0 saturated carbocycles. The second-order valence-electron chi connectivity index (χ2n) is 4.11. The molecule has 0 fully saturated rings. The molecule has 5 nitrogen and oxygen atoms in total. The fraction of sp³-hybridized carbons (Fsp3) is 0.308. The first-order chi connectivity index (χ1) is 9.19. The van der Waals surface area contributed by atoms with Crippen molar-refractivity contribution in [1.82, 2.24) is 14.9 Å². The number of rotatable bonds is 5. The first-order valence-electron chi connectivity index (χ1n) is 6.04. The van der Waals surface area contributed by atoms with Gasteiger partial charge in [-0.25, -0.2) is 4.68 Å². The van der Waals surface area contributed by atoms with Gasteiger partial charge in [-0.3, -0.25) is 0 Å². The predicted molar refractivity (Wildman–Crippen MR) is 74.8 cm³/mol. The first-order valence-corrected chi connectivity index (χ1v) is 6.42. The fourth-order valence-electron chi connectivity index (χ4n) is 1.38. The summed E-state index contributed by atoms with van der Waals surface area (Å²) in [5.41, 5.74) is 0.884. The van der Waals surface area contributed by atoms with Crippen LogP contribution in [0.25, 0.3) is 0 Å². The Labute approximate surface area is 116 Å². The number of ether oxygens (including phenoxy) is 1. The van der Waals surface area contributed by atoms with E-state index in [1.807, 2.05) is 25.1 Å². The summed E-state index contributed by atoms with van der Waals surface area (Å²) in [6.45, 7) is 4.08. The van der Waals surface area contributed by atoms with Crippen LogP contribution < -0.4 is 4.74 Å². The number of hydrogen-bond donors (Lipinski definition) is 0. The van der Waals surface area contributed by atoms with E-state index >= 15 is 0 Å². The summed E-state index contributed by atoms with van der Waals surface area (Å²) >= 11 is 6.17. The largest absolute Gasteiger partial charge is 0.489 e. The van der Waals surface area contributed by atoms with Crippen LogP contribution in [0.15, 0.2) is 36.0 Å². The zero-order valence-electron chi connectivity index (χ0n) is 10.8. The normalized spacial score (nSPS) is 12.8. The zero-order chi connectivity index (χ0) is 13.7. The molecular weight excluding hydrogens is 264 g/mol. The van der Waals surface area contributed by atoms with Crippen molar-refractivity contribution in [3.05, 3.63) is 41.4 Å². The van der Waals surface area contributed by atoms with Crippen LogP contribution in [0.4, 0.5) is 0 Å². The minimum Gasteiger partial charge on any atom is -0.489 e. The lowest BCUT2D eigenvalue weighted by atomic mass is 10.2. The maximum atomic E-state index is 6.17. The summed E-state index contributed by atoms with van der Waals surface area (Å²) < 4.78 is 7.21. The quantitative estimate of drug-likeness (QED) is 0.790. The SMILES string of the molecule is CC[C@@H](C)Oc1ccc(/C=N\n2cnnc2)cc1Cl. The van der Waals surface area contributed by atoms with E-state index in [0.29, 0.717) is 10.8 Å². The van der Waals surface area contributed by atoms with Gasteiger partial charge < -0.3 is 4.74 Å². The lowest BCUT2D eigenvalue weighted by molar-refractivity contribution is 0.217. The summed E-state index contributed by atoms with van der Waals surface area (Å²) in [7, 11) is 0. The highest BCUT2D eigenvalue weighted by Crippen LogP contribution is 2.26. The Morgan fingerprint density at radius 1 is 1.42 bits per heavy atom. The molecule has 2 rings (SSSR count). The molecule has 0 aliphatic carbocycles. The number of nitrogens with zero attached hydrogens (tertiary/aromatic N) is 4. The molecule has 0 saturated heterocycles. The van der Waals surface area contributed by atoms with Gasteiger partial charge in [-0.05, 0) is 37.1 Å². The van der Waals surface area contributed by atoms with Crippen LogP contribution in [0.5, 0.6) is 5.75 Å². The number of benzene rings is 1. The van der Waals surface area contributed by atoms with Crippen LogP contribution in [0.1, 0.15) is 25.8 Å². The van der Waals surface area contributed by atoms with Crippen molar-refractivity contribution in [2.24, 2.45) is 5.10 Å². The average molecular weight is 279 g/mol. The van der Waals surface area contributed by atoms with E-state index in [-0.39, 0.29) is 6.10 Å². The standard InChI is InChI=1S/C13H15ClN4O/c1-3-10(2)19-13-5-4-11(6-12(13)14)7-17-18-8-15-16-9-18/h4-10H,3H2,1-2H3/b17-7-/t10-/m1/s1. The molecule has 0 bridgehead atoms. The highest BCUT2D eigenvalue weighted by Gasteiger charge is 2.06. The lowest BCUT2D eigenvalue weighted by Gasteiger charge is -2.13. The lowest BCUT2D eigenvalue weighted by Crippen LogP contribution is -2.09. The molecule has 0 amide bonds. The topological polar surface area (TPSA) is 52.3 Å². The van der Waals surface area contributed by atoms with E-state index in [0.717, 1.165) is 12.0 Å². The first kappa shape index (κ1) is 13.5. The highest BCUT2D eigenvalue weighted by atomic mass is 35.5. The van der Waals surface area contributed by atoms with Gasteiger partial charge in [0.1, 0.15) is 18.4 Å². The number of aromatic nitrogens is 3. The minimum absolute atomic E-state index is 0.147. The van der Waals surface area contributed by atoms with E-state index in [2.05, 4.69) is 22.2 Å². The molecule has 2 aromatic rings. The van der Waals surface area contributed by atoms with E-state index in [1.165, 1.54) is 17.3 Å². The third kappa shape index (κ3) is 3.79. The fourth-order valence-corrected chi connectivity index (χ4v) is 1.61. The molecule has 0 aliphatic rings. The molecule has 1 aromatic carbocycles. The maximum absolute atomic E-state index is 6.17. The van der Waals surface area contributed by atoms with Gasteiger partial charge in [-0.1, -0.05) is 18.5 Å². The molecule has 0 N–H and O–H groups in total. The van der Waals surface area contributed by atoms with Crippen LogP contribution in [0, 0.1) is 0 Å². The second kappa shape index (κ2) is 6.33. The maximum Gasteiger partial charge on any atom is 0.141 e. The van der Waals surface area contributed by atoms with Crippen LogP contribution in [0.3, 0.4) is 0 Å². The van der Waals surface area contributed by atoms with Crippen molar-refractivity contribution >= 4 is 17.8 Å². The van der Waals surface area contributed by atoms with Crippen LogP contribution >= 0.6 is 11.6 Å². The Morgan fingerprint density at radius 2 is 2.16 bits per heavy atom. The Kier molecular flexibility index (Phi) is 4.52. The summed E-state index contributed by atoms with van der Waals surface area (Å²) in [6.07, 6.45) is 5.79. The highest BCUT2D eigenvalue weighted by molar-refractivity contribution is 6.32. The van der Waals surface area contributed by atoms with Crippen molar-refractivity contribution in [3.63, 3.8) is 0 Å². The number of hydrogen-bond acceptors (Lipinski definition) is 4. The van der Waals surface area contributed by atoms with E-state index in [9.17, 15) is 0 Å². The molecule has 0 unspecified atom stereocenters. The smallest absolute Gasteiger partial charge is 0.141 e. The van der Waals surface area contributed by atoms with Crippen LogP contribution in [0.2, 0.25) is 5.02 Å². The van der Waals surface area contributed by atoms with Gasteiger partial charge in [0, 0.05) is 0 Å². The van der Waals surface area contributed by atoms with Crippen LogP contribution in [-0.2, 0) is 0 Å². The molecule has 6 heteroatoms.